The molecule has 0 bridgehead atoms. The monoisotopic (exact) mass is 621 g/mol. The number of anilines is 2. The second-order valence-corrected chi connectivity index (χ2v) is 12.2. The molecule has 0 aliphatic carbocycles. The Balaban J connectivity index is 1.42. The number of thiazole rings is 1. The molecule has 9 nitrogen and oxygen atoms in total. The Labute approximate surface area is 254 Å². The average molecular weight is 622 g/mol. The molecule has 1 aromatic heterocycles. The molecule has 2 aliphatic rings. The second kappa shape index (κ2) is 11.3. The van der Waals surface area contributed by atoms with Crippen molar-refractivity contribution in [2.45, 2.75) is 22.7 Å². The summed E-state index contributed by atoms with van der Waals surface area (Å²) in [6, 6.07) is 20.6. The van der Waals surface area contributed by atoms with E-state index in [2.05, 4.69) is 5.32 Å². The number of methoxy groups -OCH3 is 2. The fraction of sp³-hybridized carbons (Fsp3) is 0.200. The summed E-state index contributed by atoms with van der Waals surface area (Å²) < 4.78 is 12.3. The molecule has 3 heterocycles. The van der Waals surface area contributed by atoms with Crippen molar-refractivity contribution >= 4 is 63.8 Å². The van der Waals surface area contributed by atoms with Gasteiger partial charge in [0, 0.05) is 27.1 Å². The standard InChI is InChI=1S/C30H24ClN3O6S2/c1-39-19-13-11-18(12-14-19)34-27(36)24-23(20-5-3-4-6-21(20)40-2)26-29(41-25(24)28(34)37)33(30(38)42-26)15-22(35)32-17-9-7-16(31)8-10-17/h3-14,23-25H,15H2,1-2H3,(H,32,35)/t23-,24?,25?/m1/s1. The number of nitrogens with one attached hydrogen (secondary N) is 1. The Morgan fingerprint density at radius 1 is 0.929 bits per heavy atom. The maximum Gasteiger partial charge on any atom is 0.308 e. The molecule has 0 radical (unpaired) electrons. The van der Waals surface area contributed by atoms with Gasteiger partial charge in [-0.05, 0) is 54.6 Å². The van der Waals surface area contributed by atoms with Crippen LogP contribution in [-0.2, 0) is 20.9 Å². The van der Waals surface area contributed by atoms with Crippen LogP contribution in [0.5, 0.6) is 11.5 Å². The van der Waals surface area contributed by atoms with Crippen molar-refractivity contribution in [3.05, 3.63) is 97.9 Å². The number of rotatable bonds is 7. The van der Waals surface area contributed by atoms with E-state index in [1.54, 1.807) is 54.6 Å². The van der Waals surface area contributed by atoms with Gasteiger partial charge in [-0.25, -0.2) is 4.90 Å². The lowest BCUT2D eigenvalue weighted by Gasteiger charge is -2.31. The molecule has 12 heteroatoms. The van der Waals surface area contributed by atoms with Gasteiger partial charge in [-0.3, -0.25) is 23.7 Å². The van der Waals surface area contributed by atoms with Crippen LogP contribution in [-0.4, -0.2) is 41.8 Å². The topological polar surface area (TPSA) is 107 Å². The highest BCUT2D eigenvalue weighted by molar-refractivity contribution is 8.00. The van der Waals surface area contributed by atoms with Crippen molar-refractivity contribution in [2.24, 2.45) is 5.92 Å². The van der Waals surface area contributed by atoms with Crippen molar-refractivity contribution < 1.29 is 23.9 Å². The molecule has 42 heavy (non-hydrogen) atoms. The highest BCUT2D eigenvalue weighted by Crippen LogP contribution is 2.55. The number of nitrogens with zero attached hydrogens (tertiary/aromatic N) is 2. The minimum absolute atomic E-state index is 0.263. The van der Waals surface area contributed by atoms with Crippen LogP contribution in [0.1, 0.15) is 16.4 Å². The summed E-state index contributed by atoms with van der Waals surface area (Å²) >= 11 is 8.08. The number of benzene rings is 3. The number of hydrogen-bond acceptors (Lipinski definition) is 8. The summed E-state index contributed by atoms with van der Waals surface area (Å²) in [6.45, 7) is -0.263. The molecule has 4 aromatic rings. The summed E-state index contributed by atoms with van der Waals surface area (Å²) in [5.41, 5.74) is 1.66. The molecular weight excluding hydrogens is 598 g/mol. The Hall–Kier alpha value is -4.06. The van der Waals surface area contributed by atoms with Gasteiger partial charge < -0.3 is 14.8 Å². The molecular formula is C30H24ClN3O6S2. The predicted octanol–water partition coefficient (Wildman–Crippen LogP) is 5.01. The Morgan fingerprint density at radius 2 is 1.64 bits per heavy atom. The fourth-order valence-corrected chi connectivity index (χ4v) is 8.27. The highest BCUT2D eigenvalue weighted by atomic mass is 35.5. The summed E-state index contributed by atoms with van der Waals surface area (Å²) in [6.07, 6.45) is 0. The van der Waals surface area contributed by atoms with Crippen molar-refractivity contribution in [1.29, 1.82) is 0 Å². The van der Waals surface area contributed by atoms with Gasteiger partial charge in [0.05, 0.1) is 30.9 Å². The molecule has 2 aliphatic heterocycles. The van der Waals surface area contributed by atoms with Crippen LogP contribution in [0.4, 0.5) is 11.4 Å². The van der Waals surface area contributed by atoms with Crippen LogP contribution in [0.2, 0.25) is 5.02 Å². The fourth-order valence-electron chi connectivity index (χ4n) is 5.38. The number of imide groups is 1. The van der Waals surface area contributed by atoms with Gasteiger partial charge in [0.2, 0.25) is 17.7 Å². The number of aromatic nitrogens is 1. The molecule has 1 fully saturated rings. The number of amides is 3. The lowest BCUT2D eigenvalue weighted by atomic mass is 9.82. The van der Waals surface area contributed by atoms with Crippen molar-refractivity contribution in [3.63, 3.8) is 0 Å². The zero-order chi connectivity index (χ0) is 29.5. The largest absolute Gasteiger partial charge is 0.497 e. The third kappa shape index (κ3) is 4.87. The van der Waals surface area contributed by atoms with Crippen LogP contribution >= 0.6 is 34.7 Å². The predicted molar refractivity (Wildman–Crippen MR) is 162 cm³/mol. The van der Waals surface area contributed by atoms with E-state index >= 15 is 0 Å². The quantitative estimate of drug-likeness (QED) is 0.289. The number of hydrogen-bond donors (Lipinski definition) is 1. The van der Waals surface area contributed by atoms with Gasteiger partial charge in [-0.15, -0.1) is 0 Å². The van der Waals surface area contributed by atoms with Gasteiger partial charge in [-0.1, -0.05) is 52.9 Å². The summed E-state index contributed by atoms with van der Waals surface area (Å²) in [4.78, 5) is 55.8. The van der Waals surface area contributed by atoms with E-state index in [-0.39, 0.29) is 23.2 Å². The van der Waals surface area contributed by atoms with E-state index < -0.39 is 23.0 Å². The minimum atomic E-state index is -0.818. The van der Waals surface area contributed by atoms with E-state index in [4.69, 9.17) is 21.1 Å². The number of thioether (sulfide) groups is 1. The van der Waals surface area contributed by atoms with E-state index in [0.29, 0.717) is 43.4 Å². The first-order valence-electron chi connectivity index (χ1n) is 12.9. The first-order chi connectivity index (χ1) is 20.3. The minimum Gasteiger partial charge on any atom is -0.497 e. The van der Waals surface area contributed by atoms with Crippen LogP contribution in [0.15, 0.2) is 82.6 Å². The van der Waals surface area contributed by atoms with Crippen molar-refractivity contribution in [1.82, 2.24) is 4.57 Å². The van der Waals surface area contributed by atoms with Crippen LogP contribution in [0.25, 0.3) is 0 Å². The molecule has 1 saturated heterocycles. The zero-order valence-electron chi connectivity index (χ0n) is 22.4. The smallest absolute Gasteiger partial charge is 0.308 e. The Morgan fingerprint density at radius 3 is 2.33 bits per heavy atom. The number of carbonyl (C=O) groups is 3. The molecule has 3 aromatic carbocycles. The summed E-state index contributed by atoms with van der Waals surface area (Å²) in [5.74, 6) is -1.46. The zero-order valence-corrected chi connectivity index (χ0v) is 24.8. The number of ether oxygens (including phenoxy) is 2. The molecule has 6 rings (SSSR count). The lowest BCUT2D eigenvalue weighted by Crippen LogP contribution is -2.33. The molecule has 2 unspecified atom stereocenters. The van der Waals surface area contributed by atoms with Crippen LogP contribution in [0, 0.1) is 5.92 Å². The van der Waals surface area contributed by atoms with Crippen molar-refractivity contribution in [3.8, 4) is 11.5 Å². The van der Waals surface area contributed by atoms with Gasteiger partial charge in [0.1, 0.15) is 23.3 Å². The van der Waals surface area contributed by atoms with Gasteiger partial charge in [-0.2, -0.15) is 0 Å². The van der Waals surface area contributed by atoms with E-state index in [1.807, 2.05) is 18.2 Å². The Bertz CT molecular complexity index is 1750. The second-order valence-electron chi connectivity index (χ2n) is 9.67. The first kappa shape index (κ1) is 28.1. The molecule has 0 saturated carbocycles. The average Bonchev–Trinajstić information content (AvgIpc) is 3.44. The molecule has 0 spiro atoms. The Kier molecular flexibility index (Phi) is 7.56. The maximum absolute atomic E-state index is 14.1. The number of carbonyl (C=O) groups excluding carboxylic acids is 3. The van der Waals surface area contributed by atoms with E-state index in [1.165, 1.54) is 23.7 Å². The maximum atomic E-state index is 14.1. The SMILES string of the molecule is COc1ccc(N2C(=O)C3Sc4c(sc(=O)n4CC(=O)Nc4ccc(Cl)cc4)[C@H](c4ccccc4OC)C3C2=O)cc1. The van der Waals surface area contributed by atoms with Gasteiger partial charge in [0.25, 0.3) is 0 Å². The van der Waals surface area contributed by atoms with E-state index in [0.717, 1.165) is 23.1 Å². The third-order valence-corrected chi connectivity index (χ3v) is 10.1. The molecule has 3 atom stereocenters. The third-order valence-electron chi connectivity index (χ3n) is 7.28. The lowest BCUT2D eigenvalue weighted by molar-refractivity contribution is -0.122. The molecule has 3 amide bonds. The van der Waals surface area contributed by atoms with Gasteiger partial charge in [0.15, 0.2) is 0 Å². The van der Waals surface area contributed by atoms with Gasteiger partial charge >= 0.3 is 4.87 Å². The van der Waals surface area contributed by atoms with E-state index in [9.17, 15) is 19.2 Å². The first-order valence-corrected chi connectivity index (χ1v) is 15.0. The highest BCUT2D eigenvalue weighted by Gasteiger charge is 2.57. The molecule has 1 N–H and O–H groups in total. The molecule has 214 valence electrons. The number of halogens is 1. The number of para-hydroxylation sites is 1. The normalized spacial score (nSPS) is 19.3. The van der Waals surface area contributed by atoms with Crippen LogP contribution in [0.3, 0.4) is 0 Å². The number of fused-ring (bicyclic) bond motifs is 2. The summed E-state index contributed by atoms with van der Waals surface area (Å²) in [5, 5.41) is 2.99. The van der Waals surface area contributed by atoms with Crippen molar-refractivity contribution in [2.75, 3.05) is 24.4 Å². The summed E-state index contributed by atoms with van der Waals surface area (Å²) in [7, 11) is 3.08. The van der Waals surface area contributed by atoms with Crippen LogP contribution < -0.4 is 24.6 Å².